The number of nitrogens with zero attached hydrogens (tertiary/aromatic N) is 1. The third-order valence-corrected chi connectivity index (χ3v) is 2.85. The van der Waals surface area contributed by atoms with Crippen LogP contribution in [0.15, 0.2) is 40.3 Å². The van der Waals surface area contributed by atoms with Crippen molar-refractivity contribution in [3.05, 3.63) is 35.4 Å². The van der Waals surface area contributed by atoms with Gasteiger partial charge < -0.3 is 5.11 Å². The van der Waals surface area contributed by atoms with Crippen molar-refractivity contribution in [3.63, 3.8) is 0 Å². The van der Waals surface area contributed by atoms with Crippen LogP contribution < -0.4 is 5.06 Å². The summed E-state index contributed by atoms with van der Waals surface area (Å²) in [7, 11) is 0. The Kier molecular flexibility index (Phi) is 2.18. The van der Waals surface area contributed by atoms with E-state index < -0.39 is 5.97 Å². The molecular weight excluding hydrogens is 202 g/mol. The standard InChI is InChI=1S/C9H7NO3S/c11-9(12)8-5-10(13)6-3-1-2-4-7(6)14-8/h1-5,13H,(H,11,12). The summed E-state index contributed by atoms with van der Waals surface area (Å²) in [5.41, 5.74) is 0.600. The van der Waals surface area contributed by atoms with Gasteiger partial charge in [-0.3, -0.25) is 5.21 Å². The minimum atomic E-state index is -1.04. The van der Waals surface area contributed by atoms with Gasteiger partial charge in [0.05, 0.1) is 11.9 Å². The molecule has 0 aromatic heterocycles. The Hall–Kier alpha value is -1.46. The Morgan fingerprint density at radius 1 is 1.36 bits per heavy atom. The van der Waals surface area contributed by atoms with Crippen LogP contribution in [0.5, 0.6) is 0 Å². The van der Waals surface area contributed by atoms with Gasteiger partial charge in [0.1, 0.15) is 4.91 Å². The maximum absolute atomic E-state index is 10.7. The lowest BCUT2D eigenvalue weighted by atomic mass is 10.3. The molecule has 2 rings (SSSR count). The summed E-state index contributed by atoms with van der Waals surface area (Å²) >= 11 is 1.13. The number of hydroxylamine groups is 1. The number of carboxylic acid groups (broad SMARTS) is 1. The zero-order valence-electron chi connectivity index (χ0n) is 7.04. The summed E-state index contributed by atoms with van der Waals surface area (Å²) in [6.07, 6.45) is 1.19. The van der Waals surface area contributed by atoms with E-state index in [4.69, 9.17) is 5.11 Å². The van der Waals surface area contributed by atoms with Crippen molar-refractivity contribution in [1.29, 1.82) is 0 Å². The molecule has 0 unspecified atom stereocenters. The molecule has 72 valence electrons. The second kappa shape index (κ2) is 3.36. The molecule has 0 aliphatic carbocycles. The van der Waals surface area contributed by atoms with Gasteiger partial charge in [-0.15, -0.1) is 0 Å². The number of carboxylic acids is 1. The lowest BCUT2D eigenvalue weighted by Crippen LogP contribution is -2.16. The van der Waals surface area contributed by atoms with E-state index in [1.807, 2.05) is 0 Å². The van der Waals surface area contributed by atoms with E-state index in [1.54, 1.807) is 24.3 Å². The fourth-order valence-corrected chi connectivity index (χ4v) is 2.05. The van der Waals surface area contributed by atoms with E-state index in [9.17, 15) is 10.0 Å². The number of rotatable bonds is 1. The van der Waals surface area contributed by atoms with Crippen LogP contribution in [0.1, 0.15) is 0 Å². The lowest BCUT2D eigenvalue weighted by molar-refractivity contribution is -0.131. The molecule has 0 fully saturated rings. The van der Waals surface area contributed by atoms with E-state index >= 15 is 0 Å². The quantitative estimate of drug-likeness (QED) is 0.739. The van der Waals surface area contributed by atoms with E-state index in [0.29, 0.717) is 5.69 Å². The predicted octanol–water partition coefficient (Wildman–Crippen LogP) is 1.91. The van der Waals surface area contributed by atoms with Crippen LogP contribution in [-0.4, -0.2) is 16.3 Å². The van der Waals surface area contributed by atoms with Gasteiger partial charge in [-0.25, -0.2) is 9.86 Å². The molecular formula is C9H7NO3S. The maximum Gasteiger partial charge on any atom is 0.344 e. The third-order valence-electron chi connectivity index (χ3n) is 1.78. The minimum absolute atomic E-state index is 0.103. The minimum Gasteiger partial charge on any atom is -0.477 e. The second-order valence-corrected chi connectivity index (χ2v) is 3.80. The molecule has 0 saturated heterocycles. The van der Waals surface area contributed by atoms with Crippen molar-refractivity contribution in [2.24, 2.45) is 0 Å². The summed E-state index contributed by atoms with van der Waals surface area (Å²) in [6.45, 7) is 0. The Balaban J connectivity index is 2.42. The monoisotopic (exact) mass is 209 g/mol. The highest BCUT2D eigenvalue weighted by Crippen LogP contribution is 2.38. The van der Waals surface area contributed by atoms with Crippen LogP contribution in [-0.2, 0) is 4.79 Å². The average molecular weight is 209 g/mol. The van der Waals surface area contributed by atoms with Crippen LogP contribution >= 0.6 is 11.8 Å². The Morgan fingerprint density at radius 2 is 2.07 bits per heavy atom. The molecule has 1 aliphatic heterocycles. The molecule has 0 amide bonds. The zero-order chi connectivity index (χ0) is 10.1. The first-order chi connectivity index (χ1) is 6.68. The Morgan fingerprint density at radius 3 is 2.79 bits per heavy atom. The van der Waals surface area contributed by atoms with Crippen molar-refractivity contribution < 1.29 is 15.1 Å². The van der Waals surface area contributed by atoms with Gasteiger partial charge in [0.2, 0.25) is 0 Å². The van der Waals surface area contributed by atoms with Gasteiger partial charge in [0.15, 0.2) is 0 Å². The van der Waals surface area contributed by atoms with Crippen LogP contribution in [0.2, 0.25) is 0 Å². The van der Waals surface area contributed by atoms with E-state index in [-0.39, 0.29) is 4.91 Å². The summed E-state index contributed by atoms with van der Waals surface area (Å²) in [6, 6.07) is 7.06. The first kappa shape index (κ1) is 9.11. The smallest absolute Gasteiger partial charge is 0.344 e. The molecule has 14 heavy (non-hydrogen) atoms. The van der Waals surface area contributed by atoms with E-state index in [0.717, 1.165) is 21.7 Å². The van der Waals surface area contributed by atoms with Gasteiger partial charge in [-0.05, 0) is 12.1 Å². The van der Waals surface area contributed by atoms with Crippen molar-refractivity contribution in [2.75, 3.05) is 5.06 Å². The van der Waals surface area contributed by atoms with Crippen LogP contribution in [0.4, 0.5) is 5.69 Å². The molecule has 0 bridgehead atoms. The second-order valence-electron chi connectivity index (χ2n) is 2.71. The first-order valence-electron chi connectivity index (χ1n) is 3.88. The molecule has 0 radical (unpaired) electrons. The van der Waals surface area contributed by atoms with Crippen molar-refractivity contribution >= 4 is 23.4 Å². The number of aliphatic carboxylic acids is 1. The van der Waals surface area contributed by atoms with Crippen LogP contribution in [0.25, 0.3) is 0 Å². The predicted molar refractivity (Wildman–Crippen MR) is 52.3 cm³/mol. The number of thioether (sulfide) groups is 1. The number of hydrogen-bond donors (Lipinski definition) is 2. The highest BCUT2D eigenvalue weighted by atomic mass is 32.2. The number of para-hydroxylation sites is 1. The number of benzene rings is 1. The molecule has 1 aromatic rings. The molecule has 5 heteroatoms. The molecule has 0 atom stereocenters. The van der Waals surface area contributed by atoms with Crippen molar-refractivity contribution in [1.82, 2.24) is 0 Å². The fourth-order valence-electron chi connectivity index (χ4n) is 1.16. The number of carbonyl (C=O) groups is 1. The number of fused-ring (bicyclic) bond motifs is 1. The van der Waals surface area contributed by atoms with Crippen molar-refractivity contribution in [2.45, 2.75) is 4.90 Å². The molecule has 2 N–H and O–H groups in total. The highest BCUT2D eigenvalue weighted by Gasteiger charge is 2.20. The molecule has 0 spiro atoms. The lowest BCUT2D eigenvalue weighted by Gasteiger charge is -2.21. The third kappa shape index (κ3) is 1.47. The topological polar surface area (TPSA) is 60.8 Å². The summed E-state index contributed by atoms with van der Waals surface area (Å²) in [5, 5.41) is 19.0. The fraction of sp³-hybridized carbons (Fsp3) is 0. The SMILES string of the molecule is O=C(O)C1=CN(O)c2ccccc2S1. The maximum atomic E-state index is 10.7. The molecule has 0 saturated carbocycles. The van der Waals surface area contributed by atoms with Gasteiger partial charge in [-0.1, -0.05) is 23.9 Å². The molecule has 4 nitrogen and oxygen atoms in total. The Labute approximate surface area is 84.4 Å². The van der Waals surface area contributed by atoms with Crippen LogP contribution in [0, 0.1) is 0 Å². The normalized spacial score (nSPS) is 14.6. The van der Waals surface area contributed by atoms with Crippen molar-refractivity contribution in [3.8, 4) is 0 Å². The van der Waals surface area contributed by atoms with E-state index in [1.165, 1.54) is 6.20 Å². The summed E-state index contributed by atoms with van der Waals surface area (Å²) in [5.74, 6) is -1.04. The number of hydrogen-bond acceptors (Lipinski definition) is 4. The largest absolute Gasteiger partial charge is 0.477 e. The molecule has 1 aromatic carbocycles. The summed E-state index contributed by atoms with van der Waals surface area (Å²) < 4.78 is 0. The van der Waals surface area contributed by atoms with Gasteiger partial charge >= 0.3 is 5.97 Å². The Bertz CT molecular complexity index is 416. The van der Waals surface area contributed by atoms with Gasteiger partial charge in [0.25, 0.3) is 0 Å². The average Bonchev–Trinajstić information content (AvgIpc) is 2.17. The van der Waals surface area contributed by atoms with Crippen LogP contribution in [0.3, 0.4) is 0 Å². The zero-order valence-corrected chi connectivity index (χ0v) is 7.86. The molecule has 1 heterocycles. The van der Waals surface area contributed by atoms with E-state index in [2.05, 4.69) is 0 Å². The first-order valence-corrected chi connectivity index (χ1v) is 4.70. The summed E-state index contributed by atoms with van der Waals surface area (Å²) in [4.78, 5) is 11.5. The molecule has 1 aliphatic rings. The van der Waals surface area contributed by atoms with Gasteiger partial charge in [0, 0.05) is 4.90 Å². The highest BCUT2D eigenvalue weighted by molar-refractivity contribution is 8.04. The van der Waals surface area contributed by atoms with Gasteiger partial charge in [-0.2, -0.15) is 0 Å². The number of anilines is 1.